The average molecular weight is 425 g/mol. The van der Waals surface area contributed by atoms with Crippen LogP contribution in [0.4, 0.5) is 0 Å². The molecular formula is C20H16Cl3NO3. The van der Waals surface area contributed by atoms with E-state index in [1.807, 2.05) is 0 Å². The maximum absolute atomic E-state index is 12.7. The maximum atomic E-state index is 12.7. The molecular weight excluding hydrogens is 409 g/mol. The summed E-state index contributed by atoms with van der Waals surface area (Å²) in [5.74, 6) is 0.248. The van der Waals surface area contributed by atoms with E-state index < -0.39 is 5.60 Å². The molecule has 2 aromatic rings. The molecule has 0 aliphatic carbocycles. The fourth-order valence-electron chi connectivity index (χ4n) is 3.71. The normalized spacial score (nSPS) is 18.2. The van der Waals surface area contributed by atoms with Crippen LogP contribution in [0.25, 0.3) is 0 Å². The number of ketones is 1. The predicted molar refractivity (Wildman–Crippen MR) is 105 cm³/mol. The number of fused-ring (bicyclic) bond motifs is 1. The quantitative estimate of drug-likeness (QED) is 0.625. The van der Waals surface area contributed by atoms with Gasteiger partial charge in [-0.15, -0.1) is 0 Å². The Morgan fingerprint density at radius 3 is 2.44 bits per heavy atom. The Bertz CT molecular complexity index is 936. The van der Waals surface area contributed by atoms with Crippen molar-refractivity contribution in [2.45, 2.75) is 24.9 Å². The van der Waals surface area contributed by atoms with Gasteiger partial charge in [0.25, 0.3) is 5.91 Å². The third-order valence-electron chi connectivity index (χ3n) is 5.18. The zero-order valence-electron chi connectivity index (χ0n) is 14.3. The van der Waals surface area contributed by atoms with Crippen molar-refractivity contribution >= 4 is 46.5 Å². The summed E-state index contributed by atoms with van der Waals surface area (Å²) in [6.45, 7) is 0.968. The van der Waals surface area contributed by atoms with Crippen LogP contribution in [-0.2, 0) is 0 Å². The number of halogens is 3. The van der Waals surface area contributed by atoms with Crippen molar-refractivity contribution in [2.75, 3.05) is 13.1 Å². The first-order chi connectivity index (χ1) is 12.9. The predicted octanol–water partition coefficient (Wildman–Crippen LogP) is 5.29. The van der Waals surface area contributed by atoms with Crippen molar-refractivity contribution in [2.24, 2.45) is 0 Å². The van der Waals surface area contributed by atoms with Gasteiger partial charge in [0.05, 0.1) is 27.6 Å². The van der Waals surface area contributed by atoms with Gasteiger partial charge in [-0.05, 0) is 24.3 Å². The topological polar surface area (TPSA) is 46.6 Å². The molecule has 1 fully saturated rings. The Hall–Kier alpha value is -1.75. The maximum Gasteiger partial charge on any atom is 0.255 e. The van der Waals surface area contributed by atoms with Crippen LogP contribution in [0.2, 0.25) is 15.1 Å². The molecule has 2 aromatic carbocycles. The molecule has 27 heavy (non-hydrogen) atoms. The van der Waals surface area contributed by atoms with E-state index in [0.717, 1.165) is 0 Å². The van der Waals surface area contributed by atoms with E-state index in [4.69, 9.17) is 39.5 Å². The molecule has 1 spiro atoms. The second kappa shape index (κ2) is 7.01. The molecule has 2 aliphatic heterocycles. The highest BCUT2D eigenvalue weighted by molar-refractivity contribution is 6.36. The van der Waals surface area contributed by atoms with Gasteiger partial charge in [0, 0.05) is 31.0 Å². The number of carbonyl (C=O) groups excluding carboxylic acids is 2. The zero-order chi connectivity index (χ0) is 19.2. The standard InChI is InChI=1S/C20H16Cl3NO3/c21-12-9-14-17(25)11-20(27-18(14)16(23)10-12)5-7-24(8-6-20)19(26)13-3-1-2-4-15(13)22/h1-4,9-10H,5-8,11H2. The van der Waals surface area contributed by atoms with Gasteiger partial charge in [0.15, 0.2) is 5.78 Å². The number of likely N-dealkylation sites (tertiary alicyclic amines) is 1. The van der Waals surface area contributed by atoms with E-state index in [-0.39, 0.29) is 18.1 Å². The first-order valence-corrected chi connectivity index (χ1v) is 9.77. The average Bonchev–Trinajstić information content (AvgIpc) is 2.63. The lowest BCUT2D eigenvalue weighted by Gasteiger charge is -2.44. The molecule has 1 saturated heterocycles. The van der Waals surface area contributed by atoms with Crippen LogP contribution in [-0.4, -0.2) is 35.3 Å². The molecule has 1 amide bonds. The number of amides is 1. The molecule has 0 bridgehead atoms. The molecule has 0 saturated carbocycles. The summed E-state index contributed by atoms with van der Waals surface area (Å²) in [4.78, 5) is 27.1. The van der Waals surface area contributed by atoms with Crippen molar-refractivity contribution in [1.29, 1.82) is 0 Å². The van der Waals surface area contributed by atoms with Crippen molar-refractivity contribution in [3.63, 3.8) is 0 Å². The van der Waals surface area contributed by atoms with Crippen LogP contribution in [0.5, 0.6) is 5.75 Å². The van der Waals surface area contributed by atoms with Gasteiger partial charge < -0.3 is 9.64 Å². The highest BCUT2D eigenvalue weighted by Crippen LogP contribution is 2.44. The Labute approximate surface area is 172 Å². The van der Waals surface area contributed by atoms with Crippen molar-refractivity contribution in [1.82, 2.24) is 4.90 Å². The van der Waals surface area contributed by atoms with E-state index >= 15 is 0 Å². The van der Waals surface area contributed by atoms with E-state index in [2.05, 4.69) is 0 Å². The van der Waals surface area contributed by atoms with E-state index in [0.29, 0.717) is 57.9 Å². The lowest BCUT2D eigenvalue weighted by atomic mass is 9.82. The van der Waals surface area contributed by atoms with Crippen LogP contribution in [0, 0.1) is 0 Å². The number of ether oxygens (including phenoxy) is 1. The number of carbonyl (C=O) groups is 2. The highest BCUT2D eigenvalue weighted by Gasteiger charge is 2.44. The lowest BCUT2D eigenvalue weighted by molar-refractivity contribution is -0.00564. The summed E-state index contributed by atoms with van der Waals surface area (Å²) < 4.78 is 6.20. The molecule has 4 rings (SSSR count). The molecule has 140 valence electrons. The molecule has 0 unspecified atom stereocenters. The molecule has 0 aromatic heterocycles. The highest BCUT2D eigenvalue weighted by atomic mass is 35.5. The van der Waals surface area contributed by atoms with Gasteiger partial charge >= 0.3 is 0 Å². The Balaban J connectivity index is 1.53. The van der Waals surface area contributed by atoms with Gasteiger partial charge in [-0.2, -0.15) is 0 Å². The monoisotopic (exact) mass is 423 g/mol. The third kappa shape index (κ3) is 3.42. The molecule has 0 radical (unpaired) electrons. The fraction of sp³-hybridized carbons (Fsp3) is 0.300. The van der Waals surface area contributed by atoms with Crippen molar-refractivity contribution in [3.05, 3.63) is 62.6 Å². The molecule has 0 atom stereocenters. The minimum absolute atomic E-state index is 0.0356. The minimum atomic E-state index is -0.640. The first-order valence-electron chi connectivity index (χ1n) is 8.64. The van der Waals surface area contributed by atoms with Crippen LogP contribution < -0.4 is 4.74 Å². The summed E-state index contributed by atoms with van der Waals surface area (Å²) in [6.07, 6.45) is 1.35. The van der Waals surface area contributed by atoms with Crippen LogP contribution >= 0.6 is 34.8 Å². The van der Waals surface area contributed by atoms with Gasteiger partial charge in [0.1, 0.15) is 11.4 Å². The number of piperidine rings is 1. The third-order valence-corrected chi connectivity index (χ3v) is 6.00. The summed E-state index contributed by atoms with van der Waals surface area (Å²) in [7, 11) is 0. The molecule has 7 heteroatoms. The van der Waals surface area contributed by atoms with Crippen LogP contribution in [0.3, 0.4) is 0 Å². The number of benzene rings is 2. The van der Waals surface area contributed by atoms with Crippen molar-refractivity contribution in [3.8, 4) is 5.75 Å². The van der Waals surface area contributed by atoms with Crippen LogP contribution in [0.1, 0.15) is 40.0 Å². The SMILES string of the molecule is O=C1CC2(CCN(C(=O)c3ccccc3Cl)CC2)Oc2c(Cl)cc(Cl)cc21. The summed E-state index contributed by atoms with van der Waals surface area (Å²) in [5.41, 5.74) is 0.269. The number of hydrogen-bond acceptors (Lipinski definition) is 3. The fourth-order valence-corrected chi connectivity index (χ4v) is 4.46. The zero-order valence-corrected chi connectivity index (χ0v) is 16.6. The molecule has 0 N–H and O–H groups in total. The van der Waals surface area contributed by atoms with Gasteiger partial charge in [-0.25, -0.2) is 0 Å². The molecule has 4 nitrogen and oxygen atoms in total. The van der Waals surface area contributed by atoms with Gasteiger partial charge in [0.2, 0.25) is 0 Å². The van der Waals surface area contributed by atoms with E-state index in [1.165, 1.54) is 0 Å². The smallest absolute Gasteiger partial charge is 0.255 e. The number of rotatable bonds is 1. The number of nitrogens with zero attached hydrogens (tertiary/aromatic N) is 1. The number of Topliss-reactive ketones (excluding diaryl/α,β-unsaturated/α-hetero) is 1. The largest absolute Gasteiger partial charge is 0.484 e. The Morgan fingerprint density at radius 2 is 1.74 bits per heavy atom. The summed E-state index contributed by atoms with van der Waals surface area (Å²) in [5, 5.41) is 1.18. The second-order valence-corrected chi connectivity index (χ2v) is 8.17. The summed E-state index contributed by atoms with van der Waals surface area (Å²) >= 11 is 18.4. The van der Waals surface area contributed by atoms with Gasteiger partial charge in [-0.1, -0.05) is 46.9 Å². The molecule has 2 aliphatic rings. The second-order valence-electron chi connectivity index (χ2n) is 6.92. The first kappa shape index (κ1) is 18.6. The van der Waals surface area contributed by atoms with Crippen molar-refractivity contribution < 1.29 is 14.3 Å². The Kier molecular flexibility index (Phi) is 4.83. The lowest BCUT2D eigenvalue weighted by Crippen LogP contribution is -2.52. The summed E-state index contributed by atoms with van der Waals surface area (Å²) in [6, 6.07) is 10.2. The van der Waals surface area contributed by atoms with E-state index in [9.17, 15) is 9.59 Å². The van der Waals surface area contributed by atoms with Crippen LogP contribution in [0.15, 0.2) is 36.4 Å². The molecule has 2 heterocycles. The van der Waals surface area contributed by atoms with Gasteiger partial charge in [-0.3, -0.25) is 9.59 Å². The Morgan fingerprint density at radius 1 is 1.04 bits per heavy atom. The van der Waals surface area contributed by atoms with E-state index in [1.54, 1.807) is 41.3 Å². The number of hydrogen-bond donors (Lipinski definition) is 0. The minimum Gasteiger partial charge on any atom is -0.484 e.